The second-order valence-corrected chi connectivity index (χ2v) is 5.25. The minimum atomic E-state index is -1.14. The summed E-state index contributed by atoms with van der Waals surface area (Å²) in [6.07, 6.45) is 0. The minimum absolute atomic E-state index is 0.180. The van der Waals surface area contributed by atoms with Crippen LogP contribution in [0, 0.1) is 0 Å². The van der Waals surface area contributed by atoms with Crippen molar-refractivity contribution in [3.8, 4) is 5.75 Å². The van der Waals surface area contributed by atoms with Gasteiger partial charge in [-0.2, -0.15) is 0 Å². The number of carbonyl (C=O) groups excluding carboxylic acids is 3. The van der Waals surface area contributed by atoms with Gasteiger partial charge in [0.1, 0.15) is 17.8 Å². The largest absolute Gasteiger partial charge is 0.495 e. The molecule has 21 heavy (non-hydrogen) atoms. The molecular weight excluding hydrogens is 274 g/mol. The normalized spacial score (nSPS) is 17.4. The van der Waals surface area contributed by atoms with Gasteiger partial charge in [0.2, 0.25) is 5.91 Å². The second kappa shape index (κ2) is 5.08. The lowest BCUT2D eigenvalue weighted by Gasteiger charge is -2.40. The number of methoxy groups -OCH3 is 1. The lowest BCUT2D eigenvalue weighted by molar-refractivity contribution is -0.143. The molecule has 1 aromatic carbocycles. The Morgan fingerprint density at radius 2 is 2.05 bits per heavy atom. The third-order valence-corrected chi connectivity index (χ3v) is 3.55. The number of ether oxygens (including phenoxy) is 1. The number of piperazine rings is 1. The van der Waals surface area contributed by atoms with Gasteiger partial charge in [0.05, 0.1) is 18.4 Å². The van der Waals surface area contributed by atoms with Gasteiger partial charge in [-0.25, -0.2) is 0 Å². The zero-order valence-electron chi connectivity index (χ0n) is 12.1. The Morgan fingerprint density at radius 3 is 2.67 bits per heavy atom. The molecule has 3 N–H and O–H groups in total. The first-order valence-corrected chi connectivity index (χ1v) is 6.37. The van der Waals surface area contributed by atoms with Crippen LogP contribution in [0.4, 0.5) is 5.69 Å². The van der Waals surface area contributed by atoms with Crippen LogP contribution >= 0.6 is 0 Å². The molecule has 1 heterocycles. The van der Waals surface area contributed by atoms with Crippen molar-refractivity contribution in [1.82, 2.24) is 10.2 Å². The van der Waals surface area contributed by atoms with Gasteiger partial charge < -0.3 is 15.4 Å². The Bertz CT molecular complexity index is 625. The third kappa shape index (κ3) is 2.42. The SMILES string of the molecule is COc1cccc(C(=O)N2CC(=O)NC(=O)C2(C)C)c1N. The molecule has 112 valence electrons. The summed E-state index contributed by atoms with van der Waals surface area (Å²) in [5.74, 6) is -1.16. The second-order valence-electron chi connectivity index (χ2n) is 5.25. The van der Waals surface area contributed by atoms with E-state index in [9.17, 15) is 14.4 Å². The van der Waals surface area contributed by atoms with Crippen LogP contribution in [-0.4, -0.2) is 41.8 Å². The van der Waals surface area contributed by atoms with Gasteiger partial charge in [0.25, 0.3) is 11.8 Å². The molecule has 7 nitrogen and oxygen atoms in total. The number of nitrogen functional groups attached to an aromatic ring is 1. The number of imide groups is 1. The fraction of sp³-hybridized carbons (Fsp3) is 0.357. The molecule has 1 aliphatic heterocycles. The molecule has 0 radical (unpaired) electrons. The summed E-state index contributed by atoms with van der Waals surface area (Å²) >= 11 is 0. The summed E-state index contributed by atoms with van der Waals surface area (Å²) in [4.78, 5) is 37.3. The Labute approximate surface area is 122 Å². The standard InChI is InChI=1S/C14H17N3O4/c1-14(2)13(20)16-10(18)7-17(14)12(19)8-5-4-6-9(21-3)11(8)15/h4-6H,7,15H2,1-3H3,(H,16,18,20). The van der Waals surface area contributed by atoms with Crippen molar-refractivity contribution in [2.45, 2.75) is 19.4 Å². The van der Waals surface area contributed by atoms with Crippen LogP contribution in [0.2, 0.25) is 0 Å². The molecule has 1 aliphatic rings. The van der Waals surface area contributed by atoms with E-state index in [2.05, 4.69) is 5.32 Å². The first kappa shape index (κ1) is 14.8. The van der Waals surface area contributed by atoms with Crippen molar-refractivity contribution in [3.63, 3.8) is 0 Å². The summed E-state index contributed by atoms with van der Waals surface area (Å²) in [5, 5.41) is 2.22. The Morgan fingerprint density at radius 1 is 1.38 bits per heavy atom. The summed E-state index contributed by atoms with van der Waals surface area (Å²) in [6, 6.07) is 4.79. The van der Waals surface area contributed by atoms with Crippen LogP contribution in [0.25, 0.3) is 0 Å². The van der Waals surface area contributed by atoms with Gasteiger partial charge in [0, 0.05) is 0 Å². The first-order chi connectivity index (χ1) is 9.78. The molecule has 1 fully saturated rings. The van der Waals surface area contributed by atoms with Crippen molar-refractivity contribution >= 4 is 23.4 Å². The molecule has 0 atom stereocenters. The quantitative estimate of drug-likeness (QED) is 0.597. The molecular formula is C14H17N3O4. The molecule has 0 spiro atoms. The zero-order chi connectivity index (χ0) is 15.8. The van der Waals surface area contributed by atoms with E-state index in [1.165, 1.54) is 18.1 Å². The van der Waals surface area contributed by atoms with Gasteiger partial charge in [-0.3, -0.25) is 19.7 Å². The average molecular weight is 291 g/mol. The summed E-state index contributed by atoms with van der Waals surface area (Å²) in [7, 11) is 1.45. The van der Waals surface area contributed by atoms with Crippen molar-refractivity contribution in [2.24, 2.45) is 0 Å². The van der Waals surface area contributed by atoms with Crippen LogP contribution in [-0.2, 0) is 9.59 Å². The van der Waals surface area contributed by atoms with E-state index in [0.717, 1.165) is 0 Å². The predicted molar refractivity (Wildman–Crippen MR) is 75.7 cm³/mol. The summed E-state index contributed by atoms with van der Waals surface area (Å²) in [5.41, 5.74) is 5.14. The number of nitrogens with one attached hydrogen (secondary N) is 1. The van der Waals surface area contributed by atoms with Crippen molar-refractivity contribution in [2.75, 3.05) is 19.4 Å². The fourth-order valence-electron chi connectivity index (χ4n) is 2.16. The van der Waals surface area contributed by atoms with Gasteiger partial charge in [-0.1, -0.05) is 6.07 Å². The zero-order valence-corrected chi connectivity index (χ0v) is 12.1. The van der Waals surface area contributed by atoms with Crippen molar-refractivity contribution < 1.29 is 19.1 Å². The molecule has 2 rings (SSSR count). The van der Waals surface area contributed by atoms with Crippen LogP contribution in [0.15, 0.2) is 18.2 Å². The number of carbonyl (C=O) groups is 3. The van der Waals surface area contributed by atoms with E-state index in [-0.39, 0.29) is 17.8 Å². The number of amides is 3. The maximum atomic E-state index is 12.7. The van der Waals surface area contributed by atoms with Crippen LogP contribution < -0.4 is 15.8 Å². The van der Waals surface area contributed by atoms with Gasteiger partial charge in [-0.15, -0.1) is 0 Å². The van der Waals surface area contributed by atoms with Gasteiger partial charge in [0.15, 0.2) is 0 Å². The number of anilines is 1. The number of para-hydroxylation sites is 1. The van der Waals surface area contributed by atoms with E-state index in [4.69, 9.17) is 10.5 Å². The monoisotopic (exact) mass is 291 g/mol. The smallest absolute Gasteiger partial charge is 0.257 e. The van der Waals surface area contributed by atoms with E-state index in [1.807, 2.05) is 0 Å². The molecule has 3 amide bonds. The van der Waals surface area contributed by atoms with Crippen LogP contribution in [0.5, 0.6) is 5.75 Å². The number of nitrogens with zero attached hydrogens (tertiary/aromatic N) is 1. The van der Waals surface area contributed by atoms with Crippen LogP contribution in [0.1, 0.15) is 24.2 Å². The summed E-state index contributed by atoms with van der Waals surface area (Å²) < 4.78 is 5.08. The molecule has 0 aliphatic carbocycles. The average Bonchev–Trinajstić information content (AvgIpc) is 2.42. The Balaban J connectivity index is 2.43. The molecule has 1 aromatic rings. The molecule has 0 aromatic heterocycles. The molecule has 0 unspecified atom stereocenters. The first-order valence-electron chi connectivity index (χ1n) is 6.37. The number of nitrogens with two attached hydrogens (primary N) is 1. The van der Waals surface area contributed by atoms with Crippen molar-refractivity contribution in [1.29, 1.82) is 0 Å². The highest BCUT2D eigenvalue weighted by Crippen LogP contribution is 2.28. The van der Waals surface area contributed by atoms with E-state index >= 15 is 0 Å². The van der Waals surface area contributed by atoms with E-state index in [0.29, 0.717) is 5.75 Å². The third-order valence-electron chi connectivity index (χ3n) is 3.55. The topological polar surface area (TPSA) is 102 Å². The maximum Gasteiger partial charge on any atom is 0.257 e. The highest BCUT2D eigenvalue weighted by Gasteiger charge is 2.44. The predicted octanol–water partition coefficient (Wildman–Crippen LogP) is 0.155. The van der Waals surface area contributed by atoms with E-state index < -0.39 is 23.3 Å². The molecule has 1 saturated heterocycles. The van der Waals surface area contributed by atoms with Gasteiger partial charge >= 0.3 is 0 Å². The highest BCUT2D eigenvalue weighted by atomic mass is 16.5. The highest BCUT2D eigenvalue weighted by molar-refractivity contribution is 6.10. The van der Waals surface area contributed by atoms with Gasteiger partial charge in [-0.05, 0) is 26.0 Å². The lowest BCUT2D eigenvalue weighted by Crippen LogP contribution is -2.65. The number of hydrogen-bond donors (Lipinski definition) is 2. The minimum Gasteiger partial charge on any atom is -0.495 e. The maximum absolute atomic E-state index is 12.7. The number of benzene rings is 1. The number of rotatable bonds is 2. The molecule has 7 heteroatoms. The fourth-order valence-corrected chi connectivity index (χ4v) is 2.16. The van der Waals surface area contributed by atoms with Crippen LogP contribution in [0.3, 0.4) is 0 Å². The Hall–Kier alpha value is -2.57. The number of hydrogen-bond acceptors (Lipinski definition) is 5. The summed E-state index contributed by atoms with van der Waals surface area (Å²) in [6.45, 7) is 2.94. The lowest BCUT2D eigenvalue weighted by atomic mass is 9.97. The molecule has 0 bridgehead atoms. The molecule has 0 saturated carbocycles. The van der Waals surface area contributed by atoms with E-state index in [1.54, 1.807) is 26.0 Å². The Kier molecular flexibility index (Phi) is 3.59. The van der Waals surface area contributed by atoms with Crippen molar-refractivity contribution in [3.05, 3.63) is 23.8 Å².